The molecule has 0 aliphatic heterocycles. The first-order valence-corrected chi connectivity index (χ1v) is 1.82. The van der Waals surface area contributed by atoms with Gasteiger partial charge in [-0.2, -0.15) is 4.39 Å². The van der Waals surface area contributed by atoms with E-state index in [1.54, 1.807) is 0 Å². The van der Waals surface area contributed by atoms with E-state index in [-0.39, 0.29) is 0 Å². The van der Waals surface area contributed by atoms with Crippen LogP contribution in [-0.2, 0) is 0 Å². The van der Waals surface area contributed by atoms with Crippen molar-refractivity contribution in [3.05, 3.63) is 12.3 Å². The van der Waals surface area contributed by atoms with E-state index >= 15 is 0 Å². The Morgan fingerprint density at radius 1 is 1.86 bits per heavy atom. The molecule has 0 amide bonds. The lowest BCUT2D eigenvalue weighted by atomic mass is 10.6. The second-order valence-corrected chi connectivity index (χ2v) is 0.905. The van der Waals surface area contributed by atoms with Crippen molar-refractivity contribution < 1.29 is 4.39 Å². The summed E-state index contributed by atoms with van der Waals surface area (Å²) in [7, 11) is 1.36. The van der Waals surface area contributed by atoms with Crippen LogP contribution in [0.3, 0.4) is 0 Å². The van der Waals surface area contributed by atoms with E-state index in [0.29, 0.717) is 0 Å². The smallest absolute Gasteiger partial charge is 0.209 e. The maximum absolute atomic E-state index is 11.7. The first kappa shape index (κ1) is 6.14. The second kappa shape index (κ2) is 3.33. The molecule has 0 saturated carbocycles. The summed E-state index contributed by atoms with van der Waals surface area (Å²) in [6.07, 6.45) is 2.18. The lowest BCUT2D eigenvalue weighted by Crippen LogP contribution is -1.83. The molecular weight excluding hydrogens is 95.1 g/mol. The Kier molecular flexibility index (Phi) is 2.92. The van der Waals surface area contributed by atoms with Crippen LogP contribution in [-0.4, -0.2) is 13.0 Å². The van der Waals surface area contributed by atoms with Crippen LogP contribution in [0.25, 0.3) is 0 Å². The van der Waals surface area contributed by atoms with E-state index < -0.39 is 5.97 Å². The number of aliphatic imine (C=N–C) groups is 1. The van der Waals surface area contributed by atoms with Crippen molar-refractivity contribution in [2.45, 2.75) is 0 Å². The van der Waals surface area contributed by atoms with Crippen LogP contribution >= 0.6 is 0 Å². The normalized spacial score (nSPS) is 13.1. The Morgan fingerprint density at radius 2 is 2.43 bits per heavy atom. The molecule has 0 unspecified atom stereocenters. The lowest BCUT2D eigenvalue weighted by Gasteiger charge is -1.75. The fraction of sp³-hybridized carbons (Fsp3) is 0.250. The van der Waals surface area contributed by atoms with Crippen molar-refractivity contribution in [2.75, 3.05) is 7.05 Å². The molecular formula is C4H7FN2. The van der Waals surface area contributed by atoms with E-state index in [1.807, 2.05) is 0 Å². The van der Waals surface area contributed by atoms with Crippen LogP contribution in [0.15, 0.2) is 17.3 Å². The second-order valence-electron chi connectivity index (χ2n) is 0.905. The average Bonchev–Trinajstić information content (AvgIpc) is 1.68. The van der Waals surface area contributed by atoms with Gasteiger partial charge in [0.05, 0.1) is 0 Å². The van der Waals surface area contributed by atoms with Gasteiger partial charge in [-0.1, -0.05) is 0 Å². The van der Waals surface area contributed by atoms with Gasteiger partial charge in [0.25, 0.3) is 0 Å². The molecule has 2 nitrogen and oxygen atoms in total. The highest BCUT2D eigenvalue weighted by atomic mass is 19.1. The van der Waals surface area contributed by atoms with Gasteiger partial charge in [-0.05, 0) is 6.20 Å². The molecule has 0 rings (SSSR count). The van der Waals surface area contributed by atoms with E-state index in [1.165, 1.54) is 7.05 Å². The molecule has 0 aliphatic carbocycles. The number of allylic oxidation sites excluding steroid dienone is 1. The van der Waals surface area contributed by atoms with Crippen molar-refractivity contribution in [1.82, 2.24) is 0 Å². The largest absolute Gasteiger partial charge is 0.404 e. The highest BCUT2D eigenvalue weighted by molar-refractivity contribution is 5.86. The van der Waals surface area contributed by atoms with Gasteiger partial charge in [0, 0.05) is 13.1 Å². The molecule has 0 aromatic rings. The van der Waals surface area contributed by atoms with E-state index in [2.05, 4.69) is 4.99 Å². The third-order valence-electron chi connectivity index (χ3n) is 0.447. The van der Waals surface area contributed by atoms with Crippen LogP contribution in [0.2, 0.25) is 0 Å². The minimum absolute atomic E-state index is 0.553. The van der Waals surface area contributed by atoms with Crippen LogP contribution < -0.4 is 5.73 Å². The molecule has 0 aromatic carbocycles. The molecule has 7 heavy (non-hydrogen) atoms. The molecule has 0 atom stereocenters. The van der Waals surface area contributed by atoms with Gasteiger partial charge in [-0.15, -0.1) is 0 Å². The van der Waals surface area contributed by atoms with Gasteiger partial charge in [0.2, 0.25) is 5.97 Å². The minimum atomic E-state index is -0.553. The molecule has 0 spiro atoms. The zero-order valence-electron chi connectivity index (χ0n) is 4.06. The van der Waals surface area contributed by atoms with Crippen LogP contribution in [0.5, 0.6) is 0 Å². The Morgan fingerprint density at radius 3 is 2.57 bits per heavy atom. The molecule has 2 N–H and O–H groups in total. The molecule has 3 heteroatoms. The first-order valence-electron chi connectivity index (χ1n) is 1.82. The topological polar surface area (TPSA) is 38.4 Å². The fourth-order valence-corrected chi connectivity index (χ4v) is 0.154. The summed E-state index contributed by atoms with van der Waals surface area (Å²) in [6, 6.07) is 0. The Hall–Kier alpha value is -0.860. The Balaban J connectivity index is 3.58. The van der Waals surface area contributed by atoms with Gasteiger partial charge in [-0.3, -0.25) is 4.99 Å². The summed E-state index contributed by atoms with van der Waals surface area (Å²) in [4.78, 5) is 3.16. The highest BCUT2D eigenvalue weighted by Gasteiger charge is 1.78. The van der Waals surface area contributed by atoms with Gasteiger partial charge in [0.15, 0.2) is 0 Å². The van der Waals surface area contributed by atoms with Crippen molar-refractivity contribution >= 4 is 5.97 Å². The van der Waals surface area contributed by atoms with E-state index in [4.69, 9.17) is 5.73 Å². The first-order chi connectivity index (χ1) is 3.31. The van der Waals surface area contributed by atoms with E-state index in [9.17, 15) is 4.39 Å². The van der Waals surface area contributed by atoms with Crippen molar-refractivity contribution in [3.8, 4) is 0 Å². The number of hydrogen-bond donors (Lipinski definition) is 1. The molecule has 40 valence electrons. The van der Waals surface area contributed by atoms with Crippen molar-refractivity contribution in [1.29, 1.82) is 0 Å². The average molecular weight is 102 g/mol. The fourth-order valence-electron chi connectivity index (χ4n) is 0.154. The summed E-state index contributed by atoms with van der Waals surface area (Å²) in [5, 5.41) is 0. The summed E-state index contributed by atoms with van der Waals surface area (Å²) < 4.78 is 11.7. The molecule has 0 fully saturated rings. The number of hydrogen-bond acceptors (Lipinski definition) is 2. The number of nitrogens with two attached hydrogens (primary N) is 1. The zero-order chi connectivity index (χ0) is 5.70. The van der Waals surface area contributed by atoms with Gasteiger partial charge < -0.3 is 5.73 Å². The predicted octanol–water partition coefficient (Wildman–Crippen LogP) is 0.457. The quantitative estimate of drug-likeness (QED) is 0.480. The number of rotatable bonds is 1. The van der Waals surface area contributed by atoms with Gasteiger partial charge in [-0.25, -0.2) is 0 Å². The highest BCUT2D eigenvalue weighted by Crippen LogP contribution is 1.77. The standard InChI is InChI=1S/C4H7FN2/c1-7-4(5)2-3-6/h2-3H,6H2,1H3. The molecule has 0 bridgehead atoms. The number of halogens is 1. The molecule has 0 heterocycles. The zero-order valence-corrected chi connectivity index (χ0v) is 4.06. The van der Waals surface area contributed by atoms with Crippen LogP contribution in [0.4, 0.5) is 4.39 Å². The van der Waals surface area contributed by atoms with Crippen LogP contribution in [0.1, 0.15) is 0 Å². The minimum Gasteiger partial charge on any atom is -0.404 e. The maximum atomic E-state index is 11.7. The maximum Gasteiger partial charge on any atom is 0.209 e. The Labute approximate surface area is 41.5 Å². The van der Waals surface area contributed by atoms with E-state index in [0.717, 1.165) is 12.3 Å². The monoisotopic (exact) mass is 102 g/mol. The SMILES string of the molecule is CN=C(F)C=CN. The van der Waals surface area contributed by atoms with Crippen molar-refractivity contribution in [2.24, 2.45) is 10.7 Å². The molecule has 0 saturated heterocycles. The summed E-state index contributed by atoms with van der Waals surface area (Å²) in [5.74, 6) is -0.553. The summed E-state index contributed by atoms with van der Waals surface area (Å²) >= 11 is 0. The third kappa shape index (κ3) is 2.96. The van der Waals surface area contributed by atoms with Gasteiger partial charge >= 0.3 is 0 Å². The predicted molar refractivity (Wildman–Crippen MR) is 27.8 cm³/mol. The summed E-state index contributed by atoms with van der Waals surface area (Å²) in [6.45, 7) is 0. The molecule has 0 aromatic heterocycles. The van der Waals surface area contributed by atoms with Gasteiger partial charge in [0.1, 0.15) is 0 Å². The lowest BCUT2D eigenvalue weighted by molar-refractivity contribution is 0.809. The summed E-state index contributed by atoms with van der Waals surface area (Å²) in [5.41, 5.74) is 4.80. The number of nitrogens with zero attached hydrogens (tertiary/aromatic N) is 1. The third-order valence-corrected chi connectivity index (χ3v) is 0.447. The molecule has 0 aliphatic rings. The Bertz CT molecular complexity index is 95.9. The molecule has 0 radical (unpaired) electrons. The van der Waals surface area contributed by atoms with Crippen molar-refractivity contribution in [3.63, 3.8) is 0 Å². The van der Waals surface area contributed by atoms with Crippen LogP contribution in [0, 0.1) is 0 Å².